The molecule has 1 aromatic carbocycles. The molecule has 0 spiro atoms. The van der Waals surface area contributed by atoms with Gasteiger partial charge in [0.15, 0.2) is 5.78 Å². The summed E-state index contributed by atoms with van der Waals surface area (Å²) in [5, 5.41) is 30.1. The van der Waals surface area contributed by atoms with Crippen molar-refractivity contribution in [3.05, 3.63) is 34.9 Å². The molecule has 0 aromatic heterocycles. The second-order valence-corrected chi connectivity index (χ2v) is 8.28. The molecular formula is C22H29N3O8. The quantitative estimate of drug-likeness (QED) is 0.418. The number of hydrogen-bond acceptors (Lipinski definition) is 6. The Morgan fingerprint density at radius 2 is 1.58 bits per heavy atom. The van der Waals surface area contributed by atoms with Gasteiger partial charge in [-0.15, -0.1) is 0 Å². The number of aliphatic carboxylic acids is 1. The SMILES string of the molecule is CC(C)C(=O)C1CCC(c2c(C(=O)O)cccc2C(=O)O)N1C(N)=O.O=C(O)[C@@H]1CCCN1. The summed E-state index contributed by atoms with van der Waals surface area (Å²) in [4.78, 5) is 58.8. The van der Waals surface area contributed by atoms with Gasteiger partial charge >= 0.3 is 23.9 Å². The van der Waals surface area contributed by atoms with Crippen molar-refractivity contribution in [2.24, 2.45) is 11.7 Å². The molecule has 2 saturated heterocycles. The Labute approximate surface area is 190 Å². The molecule has 11 nitrogen and oxygen atoms in total. The molecule has 180 valence electrons. The molecular weight excluding hydrogens is 434 g/mol. The van der Waals surface area contributed by atoms with E-state index in [1.807, 2.05) is 0 Å². The number of rotatable bonds is 6. The highest BCUT2D eigenvalue weighted by molar-refractivity contribution is 5.98. The number of nitrogens with two attached hydrogens (primary N) is 1. The molecule has 2 aliphatic rings. The Balaban J connectivity index is 0.000000405. The van der Waals surface area contributed by atoms with Crippen molar-refractivity contribution in [2.45, 2.75) is 57.7 Å². The molecule has 11 heteroatoms. The van der Waals surface area contributed by atoms with Crippen molar-refractivity contribution in [2.75, 3.05) is 6.54 Å². The molecule has 2 fully saturated rings. The second kappa shape index (κ2) is 10.9. The Kier molecular flexibility index (Phi) is 8.52. The Morgan fingerprint density at radius 1 is 1.00 bits per heavy atom. The normalized spacial score (nSPS) is 21.9. The van der Waals surface area contributed by atoms with E-state index in [4.69, 9.17) is 10.8 Å². The molecule has 1 aromatic rings. The molecule has 2 aliphatic heterocycles. The van der Waals surface area contributed by atoms with Gasteiger partial charge in [0.05, 0.1) is 23.2 Å². The van der Waals surface area contributed by atoms with Gasteiger partial charge in [0.1, 0.15) is 6.04 Å². The molecule has 0 radical (unpaired) electrons. The summed E-state index contributed by atoms with van der Waals surface area (Å²) < 4.78 is 0. The first-order valence-electron chi connectivity index (χ1n) is 10.6. The van der Waals surface area contributed by atoms with E-state index in [9.17, 15) is 34.2 Å². The van der Waals surface area contributed by atoms with E-state index in [0.717, 1.165) is 24.3 Å². The third-order valence-corrected chi connectivity index (χ3v) is 5.80. The number of hydrogen-bond donors (Lipinski definition) is 5. The van der Waals surface area contributed by atoms with Gasteiger partial charge in [0.25, 0.3) is 0 Å². The van der Waals surface area contributed by atoms with Gasteiger partial charge in [-0.25, -0.2) is 14.4 Å². The van der Waals surface area contributed by atoms with Crippen molar-refractivity contribution in [3.8, 4) is 0 Å². The molecule has 0 bridgehead atoms. The number of ketones is 1. The average molecular weight is 463 g/mol. The van der Waals surface area contributed by atoms with Crippen molar-refractivity contribution >= 4 is 29.7 Å². The number of Topliss-reactive ketones (excluding diaryl/α,β-unsaturated/α-hetero) is 1. The number of carbonyl (C=O) groups is 5. The predicted molar refractivity (Wildman–Crippen MR) is 116 cm³/mol. The van der Waals surface area contributed by atoms with Gasteiger partial charge < -0.3 is 31.3 Å². The molecule has 2 heterocycles. The van der Waals surface area contributed by atoms with E-state index in [1.165, 1.54) is 18.2 Å². The van der Waals surface area contributed by atoms with Crippen LogP contribution in [0.4, 0.5) is 4.79 Å². The Morgan fingerprint density at radius 3 is 1.94 bits per heavy atom. The first kappa shape index (κ1) is 25.8. The first-order chi connectivity index (χ1) is 15.5. The average Bonchev–Trinajstić information content (AvgIpc) is 3.43. The largest absolute Gasteiger partial charge is 0.480 e. The van der Waals surface area contributed by atoms with Crippen LogP contribution in [-0.4, -0.2) is 68.6 Å². The summed E-state index contributed by atoms with van der Waals surface area (Å²) in [6.45, 7) is 4.25. The van der Waals surface area contributed by atoms with Crippen molar-refractivity contribution in [3.63, 3.8) is 0 Å². The lowest BCUT2D eigenvalue weighted by molar-refractivity contribution is -0.139. The van der Waals surface area contributed by atoms with Gasteiger partial charge in [-0.3, -0.25) is 9.59 Å². The van der Waals surface area contributed by atoms with Crippen LogP contribution < -0.4 is 11.1 Å². The van der Waals surface area contributed by atoms with Gasteiger partial charge in [-0.05, 0) is 44.4 Å². The summed E-state index contributed by atoms with van der Waals surface area (Å²) in [6.07, 6.45) is 2.35. The lowest BCUT2D eigenvalue weighted by atomic mass is 9.93. The predicted octanol–water partition coefficient (Wildman–Crippen LogP) is 1.72. The van der Waals surface area contributed by atoms with E-state index >= 15 is 0 Å². The standard InChI is InChI=1S/C17H20N2O6.C5H9NO2/c1-8(2)14(20)12-7-6-11(19(12)17(18)25)13-9(15(21)22)4-3-5-10(13)16(23)24;7-5(8)4-2-1-3-6-4/h3-5,8,11-12H,6-7H2,1-2H3,(H2,18,25)(H,21,22)(H,23,24);4,6H,1-3H2,(H,7,8)/t;4-/m.0/s1. The molecule has 3 atom stereocenters. The van der Waals surface area contributed by atoms with Crippen molar-refractivity contribution < 1.29 is 39.3 Å². The number of carboxylic acid groups (broad SMARTS) is 3. The molecule has 0 saturated carbocycles. The third-order valence-electron chi connectivity index (χ3n) is 5.80. The van der Waals surface area contributed by atoms with Crippen LogP contribution in [0.2, 0.25) is 0 Å². The number of aromatic carboxylic acids is 2. The fraction of sp³-hybridized carbons (Fsp3) is 0.500. The highest BCUT2D eigenvalue weighted by Crippen LogP contribution is 2.40. The monoisotopic (exact) mass is 463 g/mol. The van der Waals surface area contributed by atoms with E-state index in [1.54, 1.807) is 13.8 Å². The minimum atomic E-state index is -1.30. The van der Waals surface area contributed by atoms with E-state index in [-0.39, 0.29) is 40.9 Å². The number of nitrogens with one attached hydrogen (secondary N) is 1. The van der Waals surface area contributed by atoms with Crippen LogP contribution in [0.1, 0.15) is 71.9 Å². The number of benzene rings is 1. The number of carboxylic acids is 3. The fourth-order valence-electron chi connectivity index (χ4n) is 4.26. The number of likely N-dealkylation sites (tertiary alicyclic amines) is 1. The van der Waals surface area contributed by atoms with Crippen LogP contribution >= 0.6 is 0 Å². The second-order valence-electron chi connectivity index (χ2n) is 8.28. The van der Waals surface area contributed by atoms with Crippen LogP contribution in [0.15, 0.2) is 18.2 Å². The maximum Gasteiger partial charge on any atom is 0.336 e. The summed E-state index contributed by atoms with van der Waals surface area (Å²) in [5.74, 6) is -3.85. The smallest absolute Gasteiger partial charge is 0.336 e. The minimum absolute atomic E-state index is 0.000330. The number of nitrogens with zero attached hydrogens (tertiary/aromatic N) is 1. The zero-order valence-electron chi connectivity index (χ0n) is 18.5. The zero-order valence-corrected chi connectivity index (χ0v) is 18.5. The van der Waals surface area contributed by atoms with Crippen LogP contribution in [0.3, 0.4) is 0 Å². The summed E-state index contributed by atoms with van der Waals surface area (Å²) in [6, 6.07) is 1.08. The van der Waals surface area contributed by atoms with Gasteiger partial charge in [0, 0.05) is 11.5 Å². The maximum atomic E-state index is 12.4. The summed E-state index contributed by atoms with van der Waals surface area (Å²) in [5.41, 5.74) is 5.02. The first-order valence-corrected chi connectivity index (χ1v) is 10.6. The van der Waals surface area contributed by atoms with Crippen LogP contribution in [0, 0.1) is 5.92 Å². The van der Waals surface area contributed by atoms with Crippen molar-refractivity contribution in [1.29, 1.82) is 0 Å². The third kappa shape index (κ3) is 5.86. The highest BCUT2D eigenvalue weighted by atomic mass is 16.4. The molecule has 33 heavy (non-hydrogen) atoms. The molecule has 6 N–H and O–H groups in total. The van der Waals surface area contributed by atoms with Gasteiger partial charge in [-0.1, -0.05) is 19.9 Å². The maximum absolute atomic E-state index is 12.4. The number of primary amides is 1. The lowest BCUT2D eigenvalue weighted by Gasteiger charge is -2.30. The molecule has 2 amide bonds. The number of urea groups is 1. The van der Waals surface area contributed by atoms with E-state index < -0.39 is 36.0 Å². The zero-order chi connectivity index (χ0) is 24.9. The molecule has 2 unspecified atom stereocenters. The lowest BCUT2D eigenvalue weighted by Crippen LogP contribution is -2.46. The van der Waals surface area contributed by atoms with Gasteiger partial charge in [-0.2, -0.15) is 0 Å². The summed E-state index contributed by atoms with van der Waals surface area (Å²) >= 11 is 0. The number of amides is 2. The van der Waals surface area contributed by atoms with E-state index in [2.05, 4.69) is 5.32 Å². The van der Waals surface area contributed by atoms with Crippen LogP contribution in [-0.2, 0) is 9.59 Å². The van der Waals surface area contributed by atoms with E-state index in [0.29, 0.717) is 6.42 Å². The summed E-state index contributed by atoms with van der Waals surface area (Å²) in [7, 11) is 0. The Bertz CT molecular complexity index is 907. The minimum Gasteiger partial charge on any atom is -0.480 e. The topological polar surface area (TPSA) is 187 Å². The highest BCUT2D eigenvalue weighted by Gasteiger charge is 2.43. The molecule has 3 rings (SSSR count). The van der Waals surface area contributed by atoms with Gasteiger partial charge in [0.2, 0.25) is 0 Å². The van der Waals surface area contributed by atoms with Crippen LogP contribution in [0.5, 0.6) is 0 Å². The van der Waals surface area contributed by atoms with Crippen LogP contribution in [0.25, 0.3) is 0 Å². The van der Waals surface area contributed by atoms with Crippen molar-refractivity contribution in [1.82, 2.24) is 10.2 Å². The Hall–Kier alpha value is -3.47. The fourth-order valence-corrected chi connectivity index (χ4v) is 4.26. The molecule has 0 aliphatic carbocycles. The number of carbonyl (C=O) groups excluding carboxylic acids is 2.